The van der Waals surface area contributed by atoms with E-state index in [9.17, 15) is 26.4 Å². The number of benzene rings is 1. The Labute approximate surface area is 128 Å². The summed E-state index contributed by atoms with van der Waals surface area (Å²) in [6, 6.07) is 1.71. The van der Waals surface area contributed by atoms with Gasteiger partial charge in [0.25, 0.3) is 15.7 Å². The van der Waals surface area contributed by atoms with Gasteiger partial charge in [-0.2, -0.15) is 21.6 Å². The molecule has 0 aliphatic carbocycles. The Morgan fingerprint density at radius 1 is 1.22 bits per heavy atom. The monoisotopic (exact) mass is 348 g/mol. The fourth-order valence-corrected chi connectivity index (χ4v) is 3.40. The Hall–Kier alpha value is -1.91. The maximum atomic E-state index is 13.2. The summed E-state index contributed by atoms with van der Waals surface area (Å²) in [7, 11) is -3.15. The van der Waals surface area contributed by atoms with Gasteiger partial charge in [-0.3, -0.25) is 14.2 Å². The van der Waals surface area contributed by atoms with Gasteiger partial charge in [-0.05, 0) is 30.3 Å². The van der Waals surface area contributed by atoms with Gasteiger partial charge in [-0.25, -0.2) is 0 Å². The maximum absolute atomic E-state index is 13.2. The lowest BCUT2D eigenvalue weighted by Crippen LogP contribution is -2.18. The molecule has 0 fully saturated rings. The zero-order chi connectivity index (χ0) is 17.2. The standard InChI is InChI=1S/C13H11F3N2O4S/c1-18-4-7-6-2-11(23(20,21)22)12(19)17-10(6)3-9(8(7)5-18)13(14,15)16/h2-3H,4-5H2,1H3,(H,17,19)(H,20,21,22). The predicted octanol–water partition coefficient (Wildman–Crippen LogP) is 1.74. The van der Waals surface area contributed by atoms with E-state index < -0.39 is 32.3 Å². The van der Waals surface area contributed by atoms with E-state index in [1.807, 2.05) is 0 Å². The first-order chi connectivity index (χ1) is 10.5. The molecule has 124 valence electrons. The third-order valence-corrected chi connectivity index (χ3v) is 4.64. The highest BCUT2D eigenvalue weighted by Crippen LogP contribution is 2.40. The van der Waals surface area contributed by atoms with E-state index in [-0.39, 0.29) is 29.6 Å². The molecule has 0 amide bonds. The van der Waals surface area contributed by atoms with Crippen molar-refractivity contribution in [1.29, 1.82) is 0 Å². The second-order valence-corrected chi connectivity index (χ2v) is 6.84. The van der Waals surface area contributed by atoms with Gasteiger partial charge < -0.3 is 4.98 Å². The van der Waals surface area contributed by atoms with Crippen LogP contribution in [0.25, 0.3) is 10.9 Å². The summed E-state index contributed by atoms with van der Waals surface area (Å²) in [6.07, 6.45) is -4.60. The molecule has 0 spiro atoms. The molecule has 1 aromatic heterocycles. The van der Waals surface area contributed by atoms with E-state index in [1.54, 1.807) is 11.9 Å². The maximum Gasteiger partial charge on any atom is 0.416 e. The second kappa shape index (κ2) is 4.79. The molecular formula is C13H11F3N2O4S. The fourth-order valence-electron chi connectivity index (χ4n) is 2.85. The summed E-state index contributed by atoms with van der Waals surface area (Å²) in [5.41, 5.74) is -1.82. The molecule has 10 heteroatoms. The molecule has 0 bridgehead atoms. The van der Waals surface area contributed by atoms with Crippen molar-refractivity contribution in [1.82, 2.24) is 9.88 Å². The van der Waals surface area contributed by atoms with Gasteiger partial charge in [0.15, 0.2) is 4.90 Å². The number of aromatic nitrogens is 1. The van der Waals surface area contributed by atoms with Crippen molar-refractivity contribution in [3.8, 4) is 0 Å². The van der Waals surface area contributed by atoms with Gasteiger partial charge in [0.1, 0.15) is 0 Å². The van der Waals surface area contributed by atoms with E-state index in [0.717, 1.165) is 12.1 Å². The van der Waals surface area contributed by atoms with Gasteiger partial charge in [0, 0.05) is 24.0 Å². The number of nitrogens with zero attached hydrogens (tertiary/aromatic N) is 1. The number of alkyl halides is 3. The highest BCUT2D eigenvalue weighted by molar-refractivity contribution is 7.85. The largest absolute Gasteiger partial charge is 0.416 e. The lowest BCUT2D eigenvalue weighted by Gasteiger charge is -2.14. The Morgan fingerprint density at radius 3 is 2.39 bits per heavy atom. The van der Waals surface area contributed by atoms with Crippen LogP contribution in [0.2, 0.25) is 0 Å². The fraction of sp³-hybridized carbons (Fsp3) is 0.308. The molecule has 1 aliphatic heterocycles. The van der Waals surface area contributed by atoms with Crippen molar-refractivity contribution in [3.05, 3.63) is 39.2 Å². The number of halogens is 3. The summed E-state index contributed by atoms with van der Waals surface area (Å²) < 4.78 is 71.2. The molecule has 0 unspecified atom stereocenters. The molecular weight excluding hydrogens is 337 g/mol. The zero-order valence-electron chi connectivity index (χ0n) is 11.7. The number of fused-ring (bicyclic) bond motifs is 3. The van der Waals surface area contributed by atoms with Gasteiger partial charge in [-0.15, -0.1) is 0 Å². The summed E-state index contributed by atoms with van der Waals surface area (Å²) >= 11 is 0. The van der Waals surface area contributed by atoms with Crippen molar-refractivity contribution in [2.75, 3.05) is 7.05 Å². The molecule has 3 rings (SSSR count). The second-order valence-electron chi connectivity index (χ2n) is 5.45. The van der Waals surface area contributed by atoms with Crippen LogP contribution >= 0.6 is 0 Å². The Morgan fingerprint density at radius 2 is 1.83 bits per heavy atom. The van der Waals surface area contributed by atoms with Crippen LogP contribution in [-0.2, 0) is 29.4 Å². The van der Waals surface area contributed by atoms with Gasteiger partial charge in [0.2, 0.25) is 0 Å². The van der Waals surface area contributed by atoms with Crippen LogP contribution < -0.4 is 5.56 Å². The quantitative estimate of drug-likeness (QED) is 0.766. The molecule has 0 radical (unpaired) electrons. The molecule has 23 heavy (non-hydrogen) atoms. The number of hydrogen-bond acceptors (Lipinski definition) is 4. The van der Waals surface area contributed by atoms with E-state index >= 15 is 0 Å². The van der Waals surface area contributed by atoms with Crippen molar-refractivity contribution < 1.29 is 26.1 Å². The molecule has 1 aliphatic rings. The minimum atomic E-state index is -4.77. The van der Waals surface area contributed by atoms with E-state index in [1.165, 1.54) is 0 Å². The van der Waals surface area contributed by atoms with Crippen molar-refractivity contribution >= 4 is 21.0 Å². The SMILES string of the molecule is CN1Cc2c(C(F)(F)F)cc3[nH]c(=O)c(S(=O)(=O)O)cc3c2C1. The lowest BCUT2D eigenvalue weighted by molar-refractivity contribution is -0.138. The number of nitrogens with one attached hydrogen (secondary N) is 1. The molecule has 0 saturated heterocycles. The molecule has 2 heterocycles. The molecule has 2 N–H and O–H groups in total. The third-order valence-electron chi connectivity index (χ3n) is 3.78. The number of pyridine rings is 1. The first-order valence-corrected chi connectivity index (χ1v) is 7.87. The highest BCUT2D eigenvalue weighted by atomic mass is 32.2. The van der Waals surface area contributed by atoms with Crippen molar-refractivity contribution in [3.63, 3.8) is 0 Å². The zero-order valence-corrected chi connectivity index (χ0v) is 12.5. The first-order valence-electron chi connectivity index (χ1n) is 6.43. The van der Waals surface area contributed by atoms with Gasteiger partial charge in [-0.1, -0.05) is 0 Å². The summed E-state index contributed by atoms with van der Waals surface area (Å²) in [4.78, 5) is 14.6. The Kier molecular flexibility index (Phi) is 3.33. The van der Waals surface area contributed by atoms with Crippen LogP contribution in [0.3, 0.4) is 0 Å². The summed E-state index contributed by atoms with van der Waals surface area (Å²) in [6.45, 7) is 0.229. The third kappa shape index (κ3) is 2.62. The molecule has 2 aromatic rings. The number of aromatic amines is 1. The number of hydrogen-bond donors (Lipinski definition) is 2. The molecule has 6 nitrogen and oxygen atoms in total. The number of H-pyrrole nitrogens is 1. The topological polar surface area (TPSA) is 90.5 Å². The van der Waals surface area contributed by atoms with Crippen LogP contribution in [0, 0.1) is 0 Å². The Balaban J connectivity index is 2.44. The molecule has 0 atom stereocenters. The average molecular weight is 348 g/mol. The van der Waals surface area contributed by atoms with Crippen LogP contribution in [0.5, 0.6) is 0 Å². The minimum Gasteiger partial charge on any atom is -0.321 e. The van der Waals surface area contributed by atoms with Crippen LogP contribution in [0.1, 0.15) is 16.7 Å². The summed E-state index contributed by atoms with van der Waals surface area (Å²) in [5.74, 6) is 0. The number of rotatable bonds is 1. The average Bonchev–Trinajstić information content (AvgIpc) is 2.75. The van der Waals surface area contributed by atoms with Crippen LogP contribution in [0.4, 0.5) is 13.2 Å². The van der Waals surface area contributed by atoms with E-state index in [0.29, 0.717) is 5.56 Å². The van der Waals surface area contributed by atoms with Gasteiger partial charge >= 0.3 is 6.18 Å². The predicted molar refractivity (Wildman–Crippen MR) is 74.6 cm³/mol. The van der Waals surface area contributed by atoms with E-state index in [2.05, 4.69) is 4.98 Å². The van der Waals surface area contributed by atoms with Gasteiger partial charge in [0.05, 0.1) is 5.56 Å². The van der Waals surface area contributed by atoms with Crippen molar-refractivity contribution in [2.45, 2.75) is 24.2 Å². The normalized spacial score (nSPS) is 16.0. The minimum absolute atomic E-state index is 0.0424. The van der Waals surface area contributed by atoms with Crippen LogP contribution in [-0.4, -0.2) is 29.9 Å². The first kappa shape index (κ1) is 16.0. The Bertz CT molecular complexity index is 979. The summed E-state index contributed by atoms with van der Waals surface area (Å²) in [5, 5.41) is 0.171. The smallest absolute Gasteiger partial charge is 0.321 e. The highest BCUT2D eigenvalue weighted by Gasteiger charge is 2.37. The van der Waals surface area contributed by atoms with Crippen LogP contribution in [0.15, 0.2) is 21.8 Å². The molecule has 1 aromatic carbocycles. The van der Waals surface area contributed by atoms with Crippen molar-refractivity contribution in [2.24, 2.45) is 0 Å². The van der Waals surface area contributed by atoms with E-state index in [4.69, 9.17) is 4.55 Å². The molecule has 0 saturated carbocycles. The lowest BCUT2D eigenvalue weighted by atomic mass is 9.98.